The zero-order chi connectivity index (χ0) is 14.9. The van der Waals surface area contributed by atoms with Gasteiger partial charge in [-0.1, -0.05) is 18.2 Å². The fourth-order valence-corrected chi connectivity index (χ4v) is 3.09. The Morgan fingerprint density at radius 2 is 2.18 bits per heavy atom. The van der Waals surface area contributed by atoms with Crippen LogP contribution in [-0.2, 0) is 0 Å². The molecule has 0 saturated carbocycles. The van der Waals surface area contributed by atoms with Crippen LogP contribution in [0, 0.1) is 0 Å². The quantitative estimate of drug-likeness (QED) is 0.730. The normalized spacial score (nSPS) is 18.7. The smallest absolute Gasteiger partial charge is 0.289 e. The third-order valence-corrected chi connectivity index (χ3v) is 4.22. The van der Waals surface area contributed by atoms with Crippen LogP contribution >= 0.6 is 0 Å². The molecule has 112 valence electrons. The number of benzene rings is 1. The maximum Gasteiger partial charge on any atom is 0.289 e. The van der Waals surface area contributed by atoms with Gasteiger partial charge in [0.15, 0.2) is 5.76 Å². The molecule has 5 heteroatoms. The van der Waals surface area contributed by atoms with Crippen molar-refractivity contribution in [3.63, 3.8) is 0 Å². The van der Waals surface area contributed by atoms with Crippen molar-refractivity contribution in [3.8, 4) is 0 Å². The van der Waals surface area contributed by atoms with Crippen molar-refractivity contribution in [1.29, 1.82) is 0 Å². The van der Waals surface area contributed by atoms with Gasteiger partial charge in [0.05, 0.1) is 6.04 Å². The van der Waals surface area contributed by atoms with Crippen LogP contribution in [-0.4, -0.2) is 33.7 Å². The molecule has 2 aromatic heterocycles. The van der Waals surface area contributed by atoms with E-state index in [1.165, 1.54) is 0 Å². The molecule has 0 aliphatic carbocycles. The molecule has 4 rings (SSSR count). The van der Waals surface area contributed by atoms with Crippen molar-refractivity contribution in [2.24, 2.45) is 0 Å². The van der Waals surface area contributed by atoms with Gasteiger partial charge in [0.25, 0.3) is 5.91 Å². The molecular formula is C17H17N3O2. The maximum atomic E-state index is 12.7. The van der Waals surface area contributed by atoms with Gasteiger partial charge in [-0.05, 0) is 31.0 Å². The maximum absolute atomic E-state index is 12.7. The van der Waals surface area contributed by atoms with Gasteiger partial charge in [-0.25, -0.2) is 0 Å². The molecule has 3 aromatic rings. The minimum atomic E-state index is -0.0342. The highest BCUT2D eigenvalue weighted by atomic mass is 16.3. The molecule has 1 aliphatic rings. The molecule has 1 atom stereocenters. The predicted octanol–water partition coefficient (Wildman–Crippen LogP) is 3.11. The molecule has 0 unspecified atom stereocenters. The number of furan rings is 1. The summed E-state index contributed by atoms with van der Waals surface area (Å²) in [4.78, 5) is 14.6. The van der Waals surface area contributed by atoms with Gasteiger partial charge in [-0.15, -0.1) is 0 Å². The van der Waals surface area contributed by atoms with Crippen LogP contribution in [0.25, 0.3) is 11.0 Å². The van der Waals surface area contributed by atoms with Crippen molar-refractivity contribution >= 4 is 16.9 Å². The molecule has 0 bridgehead atoms. The largest absolute Gasteiger partial charge is 0.451 e. The van der Waals surface area contributed by atoms with Gasteiger partial charge < -0.3 is 9.32 Å². The third kappa shape index (κ3) is 2.28. The van der Waals surface area contributed by atoms with E-state index in [2.05, 4.69) is 5.10 Å². The first-order valence-electron chi connectivity index (χ1n) is 7.58. The molecule has 0 radical (unpaired) electrons. The minimum absolute atomic E-state index is 0.0342. The lowest BCUT2D eigenvalue weighted by Crippen LogP contribution is -2.40. The number of carbonyl (C=O) groups excluding carboxylic acids is 1. The summed E-state index contributed by atoms with van der Waals surface area (Å²) in [6, 6.07) is 11.7. The number of hydrogen-bond acceptors (Lipinski definition) is 3. The zero-order valence-electron chi connectivity index (χ0n) is 12.2. The lowest BCUT2D eigenvalue weighted by Gasteiger charge is -2.32. The lowest BCUT2D eigenvalue weighted by atomic mass is 10.1. The van der Waals surface area contributed by atoms with Crippen molar-refractivity contribution in [3.05, 3.63) is 54.6 Å². The molecule has 1 saturated heterocycles. The summed E-state index contributed by atoms with van der Waals surface area (Å²) < 4.78 is 7.64. The zero-order valence-corrected chi connectivity index (χ0v) is 12.2. The Morgan fingerprint density at radius 3 is 3.00 bits per heavy atom. The van der Waals surface area contributed by atoms with E-state index in [9.17, 15) is 4.79 Å². The van der Waals surface area contributed by atoms with E-state index in [1.54, 1.807) is 6.20 Å². The first-order chi connectivity index (χ1) is 10.8. The molecule has 1 fully saturated rings. The Hall–Kier alpha value is -2.56. The van der Waals surface area contributed by atoms with Gasteiger partial charge in [0, 0.05) is 30.9 Å². The first kappa shape index (κ1) is 13.1. The molecule has 1 amide bonds. The molecule has 0 N–H and O–H groups in total. The highest BCUT2D eigenvalue weighted by Gasteiger charge is 2.27. The predicted molar refractivity (Wildman–Crippen MR) is 82.6 cm³/mol. The number of rotatable bonds is 2. The second kappa shape index (κ2) is 5.33. The Bertz CT molecular complexity index is 758. The first-order valence-corrected chi connectivity index (χ1v) is 7.58. The number of likely N-dealkylation sites (tertiary alicyclic amines) is 1. The molecule has 1 aliphatic heterocycles. The minimum Gasteiger partial charge on any atom is -0.451 e. The summed E-state index contributed by atoms with van der Waals surface area (Å²) in [6.07, 6.45) is 5.77. The fraction of sp³-hybridized carbons (Fsp3) is 0.294. The van der Waals surface area contributed by atoms with Crippen LogP contribution in [0.3, 0.4) is 0 Å². The second-order valence-corrected chi connectivity index (χ2v) is 5.68. The van der Waals surface area contributed by atoms with E-state index in [-0.39, 0.29) is 11.9 Å². The van der Waals surface area contributed by atoms with Crippen molar-refractivity contribution < 1.29 is 9.21 Å². The fourth-order valence-electron chi connectivity index (χ4n) is 3.09. The van der Waals surface area contributed by atoms with Crippen LogP contribution < -0.4 is 0 Å². The average molecular weight is 295 g/mol. The summed E-state index contributed by atoms with van der Waals surface area (Å²) >= 11 is 0. The van der Waals surface area contributed by atoms with E-state index < -0.39 is 0 Å². The van der Waals surface area contributed by atoms with E-state index in [4.69, 9.17) is 4.42 Å². The van der Waals surface area contributed by atoms with Crippen LogP contribution in [0.2, 0.25) is 0 Å². The molecular weight excluding hydrogens is 278 g/mol. The Balaban J connectivity index is 1.56. The van der Waals surface area contributed by atoms with Gasteiger partial charge >= 0.3 is 0 Å². The van der Waals surface area contributed by atoms with E-state index in [0.717, 1.165) is 30.4 Å². The number of hydrogen-bond donors (Lipinski definition) is 0. The SMILES string of the molecule is O=C(c1cc2ccccc2o1)N1CCC[C@H](n2cccn2)C1. The van der Waals surface area contributed by atoms with Crippen LogP contribution in [0.1, 0.15) is 29.4 Å². The van der Waals surface area contributed by atoms with Crippen molar-refractivity contribution in [2.45, 2.75) is 18.9 Å². The summed E-state index contributed by atoms with van der Waals surface area (Å²) in [6.45, 7) is 1.45. The monoisotopic (exact) mass is 295 g/mol. The van der Waals surface area contributed by atoms with Crippen molar-refractivity contribution in [2.75, 3.05) is 13.1 Å². The van der Waals surface area contributed by atoms with Crippen LogP contribution in [0.4, 0.5) is 0 Å². The number of aromatic nitrogens is 2. The molecule has 5 nitrogen and oxygen atoms in total. The van der Waals surface area contributed by atoms with Crippen LogP contribution in [0.15, 0.2) is 53.2 Å². The van der Waals surface area contributed by atoms with Gasteiger partial charge in [-0.2, -0.15) is 5.10 Å². The number of carbonyl (C=O) groups is 1. The summed E-state index contributed by atoms with van der Waals surface area (Å²) in [5, 5.41) is 5.26. The average Bonchev–Trinajstić information content (AvgIpc) is 3.23. The highest BCUT2D eigenvalue weighted by molar-refractivity contribution is 5.96. The summed E-state index contributed by atoms with van der Waals surface area (Å²) in [7, 11) is 0. The lowest BCUT2D eigenvalue weighted by molar-refractivity contribution is 0.0643. The van der Waals surface area contributed by atoms with E-state index in [1.807, 2.05) is 52.2 Å². The highest BCUT2D eigenvalue weighted by Crippen LogP contribution is 2.24. The third-order valence-electron chi connectivity index (χ3n) is 4.22. The van der Waals surface area contributed by atoms with Gasteiger partial charge in [0.2, 0.25) is 0 Å². The summed E-state index contributed by atoms with van der Waals surface area (Å²) in [5.74, 6) is 0.385. The van der Waals surface area contributed by atoms with Gasteiger partial charge in [0.1, 0.15) is 5.58 Å². The summed E-state index contributed by atoms with van der Waals surface area (Å²) in [5.41, 5.74) is 0.756. The molecule has 1 aromatic carbocycles. The molecule has 0 spiro atoms. The number of piperidine rings is 1. The Morgan fingerprint density at radius 1 is 1.27 bits per heavy atom. The van der Waals surface area contributed by atoms with Crippen molar-refractivity contribution in [1.82, 2.24) is 14.7 Å². The van der Waals surface area contributed by atoms with E-state index >= 15 is 0 Å². The number of amides is 1. The Labute approximate surface area is 128 Å². The van der Waals surface area contributed by atoms with Gasteiger partial charge in [-0.3, -0.25) is 9.48 Å². The number of fused-ring (bicyclic) bond motifs is 1. The Kier molecular flexibility index (Phi) is 3.18. The standard InChI is InChI=1S/C17H17N3O2/c21-17(16-11-13-5-1-2-7-15(13)22-16)19-9-3-6-14(12-19)20-10-4-8-18-20/h1-2,4-5,7-8,10-11,14H,3,6,9,12H2/t14-/m0/s1. The molecule has 22 heavy (non-hydrogen) atoms. The molecule has 3 heterocycles. The topological polar surface area (TPSA) is 51.3 Å². The number of para-hydroxylation sites is 1. The van der Waals surface area contributed by atoms with Crippen LogP contribution in [0.5, 0.6) is 0 Å². The second-order valence-electron chi connectivity index (χ2n) is 5.68. The van der Waals surface area contributed by atoms with E-state index in [0.29, 0.717) is 12.3 Å². The number of nitrogens with zero attached hydrogens (tertiary/aromatic N) is 3.